The highest BCUT2D eigenvalue weighted by atomic mass is 79.9. The molecule has 0 spiro atoms. The molecule has 0 radical (unpaired) electrons. The van der Waals surface area contributed by atoms with E-state index < -0.39 is 12.0 Å². The molecule has 1 aliphatic rings. The first kappa shape index (κ1) is 15.0. The zero-order valence-corrected chi connectivity index (χ0v) is 13.2. The minimum absolute atomic E-state index is 0.0161. The van der Waals surface area contributed by atoms with Gasteiger partial charge in [0.25, 0.3) is 5.91 Å². The van der Waals surface area contributed by atoms with Crippen LogP contribution in [0.3, 0.4) is 0 Å². The Balaban J connectivity index is 2.35. The molecule has 2 rings (SSSR count). The lowest BCUT2D eigenvalue weighted by atomic mass is 9.90. The molecule has 108 valence electrons. The van der Waals surface area contributed by atoms with Gasteiger partial charge in [-0.15, -0.1) is 0 Å². The average Bonchev–Trinajstić information content (AvgIpc) is 2.40. The molecule has 1 amide bonds. The Morgan fingerprint density at radius 2 is 2.10 bits per heavy atom. The highest BCUT2D eigenvalue weighted by Crippen LogP contribution is 2.27. The Hall–Kier alpha value is -1.36. The summed E-state index contributed by atoms with van der Waals surface area (Å²) in [5, 5.41) is 9.40. The van der Waals surface area contributed by atoms with Crippen LogP contribution < -0.4 is 0 Å². The van der Waals surface area contributed by atoms with E-state index in [4.69, 9.17) is 0 Å². The third kappa shape index (κ3) is 2.73. The molecule has 20 heavy (non-hydrogen) atoms. The summed E-state index contributed by atoms with van der Waals surface area (Å²) in [6.07, 6.45) is 1.70. The Labute approximate surface area is 126 Å². The fraction of sp³-hybridized carbons (Fsp3) is 0.467. The van der Waals surface area contributed by atoms with E-state index in [0.717, 1.165) is 22.9 Å². The van der Waals surface area contributed by atoms with E-state index in [9.17, 15) is 14.7 Å². The highest BCUT2D eigenvalue weighted by Gasteiger charge is 2.37. The number of likely N-dealkylation sites (tertiary alicyclic amines) is 1. The number of carboxylic acid groups (broad SMARTS) is 1. The van der Waals surface area contributed by atoms with Crippen molar-refractivity contribution in [2.45, 2.75) is 32.7 Å². The number of nitrogens with zero attached hydrogens (tertiary/aromatic N) is 1. The molecule has 0 aliphatic carbocycles. The zero-order chi connectivity index (χ0) is 14.9. The summed E-state index contributed by atoms with van der Waals surface area (Å²) in [5.41, 5.74) is 1.42. The van der Waals surface area contributed by atoms with Gasteiger partial charge in [-0.25, -0.2) is 4.79 Å². The van der Waals surface area contributed by atoms with Crippen LogP contribution in [0.2, 0.25) is 0 Å². The molecule has 1 aliphatic heterocycles. The molecule has 5 heteroatoms. The van der Waals surface area contributed by atoms with Crippen molar-refractivity contribution in [3.8, 4) is 0 Å². The van der Waals surface area contributed by atoms with Crippen LogP contribution in [0.4, 0.5) is 0 Å². The first-order valence-electron chi connectivity index (χ1n) is 6.72. The lowest BCUT2D eigenvalue weighted by Gasteiger charge is -2.37. The Morgan fingerprint density at radius 1 is 1.40 bits per heavy atom. The fourth-order valence-electron chi connectivity index (χ4n) is 2.79. The number of aliphatic carboxylic acids is 1. The number of benzene rings is 1. The van der Waals surface area contributed by atoms with E-state index >= 15 is 0 Å². The lowest BCUT2D eigenvalue weighted by Crippen LogP contribution is -2.52. The maximum absolute atomic E-state index is 12.7. The van der Waals surface area contributed by atoms with Crippen LogP contribution in [-0.2, 0) is 4.79 Å². The second-order valence-electron chi connectivity index (χ2n) is 5.31. The first-order valence-corrected chi connectivity index (χ1v) is 7.51. The van der Waals surface area contributed by atoms with Gasteiger partial charge in [-0.05, 0) is 43.4 Å². The van der Waals surface area contributed by atoms with Crippen molar-refractivity contribution >= 4 is 27.8 Å². The maximum atomic E-state index is 12.7. The molecule has 4 nitrogen and oxygen atoms in total. The molecule has 1 N–H and O–H groups in total. The average molecular weight is 340 g/mol. The number of carbonyl (C=O) groups is 2. The number of carbonyl (C=O) groups excluding carboxylic acids is 1. The molecule has 1 fully saturated rings. The minimum Gasteiger partial charge on any atom is -0.480 e. The second-order valence-corrected chi connectivity index (χ2v) is 6.17. The molecule has 2 atom stereocenters. The number of carboxylic acids is 1. The summed E-state index contributed by atoms with van der Waals surface area (Å²) in [6.45, 7) is 4.26. The molecule has 0 bridgehead atoms. The van der Waals surface area contributed by atoms with Crippen LogP contribution in [0.5, 0.6) is 0 Å². The van der Waals surface area contributed by atoms with Crippen molar-refractivity contribution in [3.05, 3.63) is 33.8 Å². The van der Waals surface area contributed by atoms with E-state index in [1.165, 1.54) is 4.90 Å². The van der Waals surface area contributed by atoms with Crippen LogP contribution in [0.15, 0.2) is 22.7 Å². The van der Waals surface area contributed by atoms with E-state index in [1.807, 2.05) is 19.9 Å². The van der Waals surface area contributed by atoms with Crippen molar-refractivity contribution in [1.82, 2.24) is 4.90 Å². The molecule has 0 saturated carbocycles. The summed E-state index contributed by atoms with van der Waals surface area (Å²) in [6, 6.07) is 4.70. The highest BCUT2D eigenvalue weighted by molar-refractivity contribution is 9.10. The van der Waals surface area contributed by atoms with Gasteiger partial charge in [-0.3, -0.25) is 4.79 Å². The normalized spacial score (nSPS) is 22.6. The minimum atomic E-state index is -0.918. The van der Waals surface area contributed by atoms with Gasteiger partial charge >= 0.3 is 5.97 Å². The number of halogens is 1. The van der Waals surface area contributed by atoms with Crippen LogP contribution in [0.1, 0.15) is 35.7 Å². The summed E-state index contributed by atoms with van der Waals surface area (Å²) in [5.74, 6) is -1.13. The number of piperidine rings is 1. The molecule has 1 saturated heterocycles. The maximum Gasteiger partial charge on any atom is 0.326 e. The Morgan fingerprint density at radius 3 is 2.75 bits per heavy atom. The van der Waals surface area contributed by atoms with E-state index in [2.05, 4.69) is 15.9 Å². The van der Waals surface area contributed by atoms with Gasteiger partial charge < -0.3 is 10.0 Å². The zero-order valence-electron chi connectivity index (χ0n) is 11.6. The third-order valence-electron chi connectivity index (χ3n) is 3.95. The second kappa shape index (κ2) is 5.95. The van der Waals surface area contributed by atoms with E-state index in [-0.39, 0.29) is 11.8 Å². The van der Waals surface area contributed by atoms with Gasteiger partial charge in [0.15, 0.2) is 0 Å². The van der Waals surface area contributed by atoms with Crippen LogP contribution >= 0.6 is 15.9 Å². The topological polar surface area (TPSA) is 57.6 Å². The number of rotatable bonds is 2. The van der Waals surface area contributed by atoms with Gasteiger partial charge in [-0.2, -0.15) is 0 Å². The van der Waals surface area contributed by atoms with Crippen molar-refractivity contribution in [2.24, 2.45) is 5.92 Å². The molecule has 2 unspecified atom stereocenters. The molecular weight excluding hydrogens is 322 g/mol. The summed E-state index contributed by atoms with van der Waals surface area (Å²) >= 11 is 3.41. The van der Waals surface area contributed by atoms with Crippen LogP contribution in [-0.4, -0.2) is 34.5 Å². The summed E-state index contributed by atoms with van der Waals surface area (Å²) < 4.78 is 0.861. The van der Waals surface area contributed by atoms with Gasteiger partial charge in [0.05, 0.1) is 0 Å². The van der Waals surface area contributed by atoms with Crippen LogP contribution in [0.25, 0.3) is 0 Å². The Bertz CT molecular complexity index is 544. The SMILES string of the molecule is Cc1c(Br)cccc1C(=O)N1CCCC(C)C1C(=O)O. The number of amides is 1. The van der Waals surface area contributed by atoms with Gasteiger partial charge in [0.1, 0.15) is 6.04 Å². The predicted octanol–water partition coefficient (Wildman–Crippen LogP) is 3.08. The van der Waals surface area contributed by atoms with Gasteiger partial charge in [0.2, 0.25) is 0 Å². The standard InChI is InChI=1S/C15H18BrNO3/c1-9-5-4-8-17(13(9)15(19)20)14(18)11-6-3-7-12(16)10(11)2/h3,6-7,9,13H,4-5,8H2,1-2H3,(H,19,20). The Kier molecular flexibility index (Phi) is 4.48. The monoisotopic (exact) mass is 339 g/mol. The van der Waals surface area contributed by atoms with Crippen molar-refractivity contribution in [2.75, 3.05) is 6.54 Å². The molecule has 1 heterocycles. The number of hydrogen-bond donors (Lipinski definition) is 1. The lowest BCUT2D eigenvalue weighted by molar-refractivity contribution is -0.145. The van der Waals surface area contributed by atoms with Gasteiger partial charge in [-0.1, -0.05) is 28.9 Å². The largest absolute Gasteiger partial charge is 0.480 e. The smallest absolute Gasteiger partial charge is 0.326 e. The van der Waals surface area contributed by atoms with Gasteiger partial charge in [0, 0.05) is 16.6 Å². The third-order valence-corrected chi connectivity index (χ3v) is 4.80. The van der Waals surface area contributed by atoms with E-state index in [0.29, 0.717) is 12.1 Å². The van der Waals surface area contributed by atoms with E-state index in [1.54, 1.807) is 12.1 Å². The molecular formula is C15H18BrNO3. The predicted molar refractivity (Wildman–Crippen MR) is 79.7 cm³/mol. The summed E-state index contributed by atoms with van der Waals surface area (Å²) in [4.78, 5) is 25.6. The molecule has 1 aromatic rings. The quantitative estimate of drug-likeness (QED) is 0.900. The van der Waals surface area contributed by atoms with Crippen LogP contribution in [0, 0.1) is 12.8 Å². The first-order chi connectivity index (χ1) is 9.43. The fourth-order valence-corrected chi connectivity index (χ4v) is 3.15. The summed E-state index contributed by atoms with van der Waals surface area (Å²) in [7, 11) is 0. The van der Waals surface area contributed by atoms with Crippen molar-refractivity contribution in [3.63, 3.8) is 0 Å². The molecule has 1 aromatic carbocycles. The molecule has 0 aromatic heterocycles. The van der Waals surface area contributed by atoms with Crippen molar-refractivity contribution in [1.29, 1.82) is 0 Å². The van der Waals surface area contributed by atoms with Crippen molar-refractivity contribution < 1.29 is 14.7 Å². The number of hydrogen-bond acceptors (Lipinski definition) is 2.